The lowest BCUT2D eigenvalue weighted by Crippen LogP contribution is -2.15. The highest BCUT2D eigenvalue weighted by molar-refractivity contribution is 7.09. The van der Waals surface area contributed by atoms with Crippen molar-refractivity contribution in [2.24, 2.45) is 0 Å². The Balaban J connectivity index is 1.51. The number of hydrogen-bond donors (Lipinski definition) is 1. The summed E-state index contributed by atoms with van der Waals surface area (Å²) < 4.78 is 43.3. The van der Waals surface area contributed by atoms with Gasteiger partial charge in [-0.3, -0.25) is 4.79 Å². The van der Waals surface area contributed by atoms with Crippen molar-refractivity contribution in [3.63, 3.8) is 0 Å². The summed E-state index contributed by atoms with van der Waals surface area (Å²) in [5.41, 5.74) is 1.26. The van der Waals surface area contributed by atoms with Crippen LogP contribution in [0.4, 0.5) is 18.9 Å². The molecule has 0 aliphatic rings. The van der Waals surface area contributed by atoms with Gasteiger partial charge in [0.1, 0.15) is 17.4 Å². The van der Waals surface area contributed by atoms with Crippen LogP contribution in [-0.2, 0) is 24.0 Å². The summed E-state index contributed by atoms with van der Waals surface area (Å²) in [6.07, 6.45) is -4.37. The van der Waals surface area contributed by atoms with Gasteiger partial charge in [-0.2, -0.15) is 13.2 Å². The minimum Gasteiger partial charge on any atom is -0.486 e. The van der Waals surface area contributed by atoms with Crippen molar-refractivity contribution in [2.45, 2.75) is 26.1 Å². The zero-order valence-corrected chi connectivity index (χ0v) is 15.7. The molecule has 1 amide bonds. The van der Waals surface area contributed by atoms with Crippen molar-refractivity contribution in [3.8, 4) is 5.75 Å². The first-order chi connectivity index (χ1) is 13.3. The number of carbonyl (C=O) groups excluding carboxylic acids is 1. The SMILES string of the molecule is Cc1ccc(OCc2nc(CC(=O)Nc3ccc(C(F)(F)F)cc3)cs2)cc1. The molecule has 2 aromatic carbocycles. The first kappa shape index (κ1) is 19.9. The number of rotatable bonds is 6. The van der Waals surface area contributed by atoms with Crippen LogP contribution in [0.15, 0.2) is 53.9 Å². The summed E-state index contributed by atoms with van der Waals surface area (Å²) in [5.74, 6) is 0.387. The van der Waals surface area contributed by atoms with E-state index in [-0.39, 0.29) is 12.3 Å². The highest BCUT2D eigenvalue weighted by atomic mass is 32.1. The van der Waals surface area contributed by atoms with Gasteiger partial charge in [-0.25, -0.2) is 4.98 Å². The maximum Gasteiger partial charge on any atom is 0.416 e. The zero-order valence-electron chi connectivity index (χ0n) is 14.9. The van der Waals surface area contributed by atoms with Gasteiger partial charge < -0.3 is 10.1 Å². The maximum atomic E-state index is 12.6. The molecule has 4 nitrogen and oxygen atoms in total. The van der Waals surface area contributed by atoms with Gasteiger partial charge in [0.2, 0.25) is 5.91 Å². The minimum absolute atomic E-state index is 0.0298. The Kier molecular flexibility index (Phi) is 5.99. The summed E-state index contributed by atoms with van der Waals surface area (Å²) in [6.45, 7) is 2.29. The maximum absolute atomic E-state index is 12.6. The number of aryl methyl sites for hydroxylation is 1. The fourth-order valence-corrected chi connectivity index (χ4v) is 3.09. The summed E-state index contributed by atoms with van der Waals surface area (Å²) >= 11 is 1.38. The van der Waals surface area contributed by atoms with Gasteiger partial charge in [0.15, 0.2) is 0 Å². The molecular weight excluding hydrogens is 389 g/mol. The Hall–Kier alpha value is -2.87. The van der Waals surface area contributed by atoms with Crippen molar-refractivity contribution < 1.29 is 22.7 Å². The number of hydrogen-bond acceptors (Lipinski definition) is 4. The average Bonchev–Trinajstić information content (AvgIpc) is 3.08. The third-order valence-electron chi connectivity index (χ3n) is 3.82. The molecular formula is C20H17F3N2O2S. The molecule has 0 fully saturated rings. The Morgan fingerprint density at radius 2 is 1.79 bits per heavy atom. The Morgan fingerprint density at radius 3 is 2.43 bits per heavy atom. The molecule has 3 aromatic rings. The van der Waals surface area contributed by atoms with Crippen molar-refractivity contribution in [1.82, 2.24) is 4.98 Å². The van der Waals surface area contributed by atoms with E-state index in [0.29, 0.717) is 18.0 Å². The third-order valence-corrected chi connectivity index (χ3v) is 4.69. The molecule has 1 aromatic heterocycles. The van der Waals surface area contributed by atoms with Crippen LogP contribution >= 0.6 is 11.3 Å². The number of halogens is 3. The van der Waals surface area contributed by atoms with Crippen LogP contribution in [-0.4, -0.2) is 10.9 Å². The molecule has 1 heterocycles. The van der Waals surface area contributed by atoms with E-state index in [1.807, 2.05) is 31.2 Å². The minimum atomic E-state index is -4.40. The molecule has 146 valence electrons. The second kappa shape index (κ2) is 8.43. The number of carbonyl (C=O) groups is 1. The molecule has 28 heavy (non-hydrogen) atoms. The number of alkyl halides is 3. The second-order valence-electron chi connectivity index (χ2n) is 6.13. The van der Waals surface area contributed by atoms with Crippen LogP contribution < -0.4 is 10.1 Å². The quantitative estimate of drug-likeness (QED) is 0.610. The van der Waals surface area contributed by atoms with Gasteiger partial charge in [0.25, 0.3) is 0 Å². The molecule has 0 saturated carbocycles. The van der Waals surface area contributed by atoms with E-state index >= 15 is 0 Å². The topological polar surface area (TPSA) is 51.2 Å². The first-order valence-electron chi connectivity index (χ1n) is 8.39. The third kappa shape index (κ3) is 5.56. The summed E-state index contributed by atoms with van der Waals surface area (Å²) in [6, 6.07) is 12.0. The Bertz CT molecular complexity index is 935. The molecule has 0 spiro atoms. The van der Waals surface area contributed by atoms with Crippen LogP contribution in [0.3, 0.4) is 0 Å². The fourth-order valence-electron chi connectivity index (χ4n) is 2.39. The smallest absolute Gasteiger partial charge is 0.416 e. The van der Waals surface area contributed by atoms with E-state index in [1.165, 1.54) is 23.5 Å². The lowest BCUT2D eigenvalue weighted by Gasteiger charge is -2.08. The van der Waals surface area contributed by atoms with Crippen molar-refractivity contribution in [3.05, 3.63) is 75.7 Å². The number of benzene rings is 2. The van der Waals surface area contributed by atoms with E-state index < -0.39 is 11.7 Å². The van der Waals surface area contributed by atoms with E-state index in [1.54, 1.807) is 5.38 Å². The molecule has 1 N–H and O–H groups in total. The van der Waals surface area contributed by atoms with E-state index in [9.17, 15) is 18.0 Å². The van der Waals surface area contributed by atoms with Gasteiger partial charge >= 0.3 is 6.18 Å². The fraction of sp³-hybridized carbons (Fsp3) is 0.200. The molecule has 0 bridgehead atoms. The summed E-state index contributed by atoms with van der Waals surface area (Å²) in [7, 11) is 0. The lowest BCUT2D eigenvalue weighted by molar-refractivity contribution is -0.137. The van der Waals surface area contributed by atoms with Gasteiger partial charge in [-0.1, -0.05) is 17.7 Å². The second-order valence-corrected chi connectivity index (χ2v) is 7.08. The van der Waals surface area contributed by atoms with Crippen LogP contribution in [0.25, 0.3) is 0 Å². The van der Waals surface area contributed by atoms with E-state index in [4.69, 9.17) is 4.74 Å². The monoisotopic (exact) mass is 406 g/mol. The molecule has 0 unspecified atom stereocenters. The highest BCUT2D eigenvalue weighted by Crippen LogP contribution is 2.29. The highest BCUT2D eigenvalue weighted by Gasteiger charge is 2.29. The summed E-state index contributed by atoms with van der Waals surface area (Å²) in [4.78, 5) is 16.4. The normalized spacial score (nSPS) is 11.3. The molecule has 0 aliphatic carbocycles. The van der Waals surface area contributed by atoms with Crippen LogP contribution in [0.5, 0.6) is 5.75 Å². The van der Waals surface area contributed by atoms with E-state index in [2.05, 4.69) is 10.3 Å². The summed E-state index contributed by atoms with van der Waals surface area (Å²) in [5, 5.41) is 5.07. The largest absolute Gasteiger partial charge is 0.486 e. The van der Waals surface area contributed by atoms with Crippen molar-refractivity contribution >= 4 is 22.9 Å². The predicted molar refractivity (Wildman–Crippen MR) is 101 cm³/mol. The standard InChI is InChI=1S/C20H17F3N2O2S/c1-13-2-8-17(9-3-13)27-11-19-25-16(12-28-19)10-18(26)24-15-6-4-14(5-7-15)20(21,22)23/h2-9,12H,10-11H2,1H3,(H,24,26). The first-order valence-corrected chi connectivity index (χ1v) is 9.27. The molecule has 3 rings (SSSR count). The van der Waals surface area contributed by atoms with Gasteiger partial charge in [0.05, 0.1) is 17.7 Å². The van der Waals surface area contributed by atoms with Gasteiger partial charge in [-0.05, 0) is 43.3 Å². The van der Waals surface area contributed by atoms with Crippen molar-refractivity contribution in [2.75, 3.05) is 5.32 Å². The van der Waals surface area contributed by atoms with E-state index in [0.717, 1.165) is 28.5 Å². The molecule has 0 aliphatic heterocycles. The number of nitrogens with zero attached hydrogens (tertiary/aromatic N) is 1. The number of anilines is 1. The van der Waals surface area contributed by atoms with Crippen LogP contribution in [0, 0.1) is 6.92 Å². The average molecular weight is 406 g/mol. The van der Waals surface area contributed by atoms with Crippen LogP contribution in [0.1, 0.15) is 21.8 Å². The van der Waals surface area contributed by atoms with Gasteiger partial charge in [-0.15, -0.1) is 11.3 Å². The number of amides is 1. The van der Waals surface area contributed by atoms with Gasteiger partial charge in [0, 0.05) is 11.1 Å². The molecule has 8 heteroatoms. The number of ether oxygens (including phenoxy) is 1. The zero-order chi connectivity index (χ0) is 20.1. The number of thiazole rings is 1. The molecule has 0 atom stereocenters. The predicted octanol–water partition coefficient (Wildman–Crippen LogP) is 5.23. The Labute approximate surface area is 164 Å². The van der Waals surface area contributed by atoms with Crippen LogP contribution in [0.2, 0.25) is 0 Å². The molecule has 0 saturated heterocycles. The van der Waals surface area contributed by atoms with Crippen molar-refractivity contribution in [1.29, 1.82) is 0 Å². The Morgan fingerprint density at radius 1 is 1.11 bits per heavy atom. The lowest BCUT2D eigenvalue weighted by atomic mass is 10.2. The number of aromatic nitrogens is 1. The molecule has 0 radical (unpaired) electrons. The number of nitrogens with one attached hydrogen (secondary N) is 1.